The molecule has 0 unspecified atom stereocenters. The lowest BCUT2D eigenvalue weighted by atomic mass is 10.1. The quantitative estimate of drug-likeness (QED) is 0.729. The molecule has 7 nitrogen and oxygen atoms in total. The number of benzene rings is 2. The molecule has 3 rings (SSSR count). The van der Waals surface area contributed by atoms with Gasteiger partial charge in [0, 0.05) is 5.56 Å². The lowest BCUT2D eigenvalue weighted by molar-refractivity contribution is -0.118. The second-order valence-corrected chi connectivity index (χ2v) is 5.44. The topological polar surface area (TPSA) is 86.5 Å². The van der Waals surface area contributed by atoms with Gasteiger partial charge in [-0.3, -0.25) is 4.79 Å². The Morgan fingerprint density at radius 1 is 1.19 bits per heavy atom. The minimum atomic E-state index is -0.448. The number of aryl methyl sites for hydroxylation is 1. The highest BCUT2D eigenvalue weighted by Gasteiger charge is 2.16. The average molecular weight is 357 g/mol. The van der Waals surface area contributed by atoms with Gasteiger partial charge in [0.2, 0.25) is 5.82 Å². The summed E-state index contributed by atoms with van der Waals surface area (Å²) in [5.74, 6) is 0.475. The van der Waals surface area contributed by atoms with E-state index < -0.39 is 5.91 Å². The van der Waals surface area contributed by atoms with Crippen molar-refractivity contribution in [3.05, 3.63) is 53.8 Å². The summed E-state index contributed by atoms with van der Waals surface area (Å²) in [5.41, 5.74) is 2.02. The molecule has 1 aromatic heterocycles. The van der Waals surface area contributed by atoms with E-state index in [-0.39, 0.29) is 18.2 Å². The molecule has 8 heteroatoms. The molecule has 1 heterocycles. The number of carbonyl (C=O) groups is 1. The highest BCUT2D eigenvalue weighted by atomic mass is 19.1. The lowest BCUT2D eigenvalue weighted by Crippen LogP contribution is -2.20. The fourth-order valence-corrected chi connectivity index (χ4v) is 2.33. The van der Waals surface area contributed by atoms with Gasteiger partial charge in [0.1, 0.15) is 17.3 Å². The number of anilines is 1. The molecule has 1 N–H and O–H groups in total. The van der Waals surface area contributed by atoms with Gasteiger partial charge in [-0.25, -0.2) is 9.02 Å². The van der Waals surface area contributed by atoms with Crippen molar-refractivity contribution in [2.45, 2.75) is 6.92 Å². The standard InChI is InChI=1S/C18H16FN3O4/c1-11-9-12(3-8-15(11)24-2)17-18(22-26-21-17)20-16(23)10-25-14-6-4-13(19)5-7-14/h3-9H,10H2,1-2H3,(H,20,22,23). The summed E-state index contributed by atoms with van der Waals surface area (Å²) >= 11 is 0. The fraction of sp³-hybridized carbons (Fsp3) is 0.167. The van der Waals surface area contributed by atoms with Crippen LogP contribution in [-0.4, -0.2) is 29.9 Å². The van der Waals surface area contributed by atoms with E-state index in [0.717, 1.165) is 16.9 Å². The first-order valence-electron chi connectivity index (χ1n) is 7.72. The number of hydrogen-bond acceptors (Lipinski definition) is 6. The van der Waals surface area contributed by atoms with E-state index in [0.29, 0.717) is 11.4 Å². The van der Waals surface area contributed by atoms with E-state index in [9.17, 15) is 9.18 Å². The molecular weight excluding hydrogens is 341 g/mol. The van der Waals surface area contributed by atoms with E-state index in [1.807, 2.05) is 13.0 Å². The first-order valence-corrected chi connectivity index (χ1v) is 7.72. The van der Waals surface area contributed by atoms with Crippen LogP contribution < -0.4 is 14.8 Å². The Hall–Kier alpha value is -3.42. The molecule has 26 heavy (non-hydrogen) atoms. The van der Waals surface area contributed by atoms with Crippen LogP contribution in [0.25, 0.3) is 11.3 Å². The number of halogens is 1. The van der Waals surface area contributed by atoms with E-state index >= 15 is 0 Å². The van der Waals surface area contributed by atoms with Gasteiger partial charge in [0.25, 0.3) is 5.91 Å². The zero-order valence-electron chi connectivity index (χ0n) is 14.2. The van der Waals surface area contributed by atoms with Crippen LogP contribution in [0.1, 0.15) is 5.56 Å². The molecule has 3 aromatic rings. The molecule has 134 valence electrons. The van der Waals surface area contributed by atoms with Crippen LogP contribution in [0.4, 0.5) is 10.2 Å². The smallest absolute Gasteiger partial charge is 0.263 e. The maximum absolute atomic E-state index is 12.9. The third-order valence-corrected chi connectivity index (χ3v) is 3.60. The van der Waals surface area contributed by atoms with Gasteiger partial charge in [0.15, 0.2) is 12.3 Å². The molecule has 0 spiro atoms. The predicted molar refractivity (Wildman–Crippen MR) is 91.5 cm³/mol. The Balaban J connectivity index is 1.67. The summed E-state index contributed by atoms with van der Waals surface area (Å²) in [5, 5.41) is 10.1. The van der Waals surface area contributed by atoms with Gasteiger partial charge in [-0.2, -0.15) is 0 Å². The molecular formula is C18H16FN3O4. The van der Waals surface area contributed by atoms with Crippen LogP contribution in [0.15, 0.2) is 47.1 Å². The largest absolute Gasteiger partial charge is 0.496 e. The predicted octanol–water partition coefficient (Wildman–Crippen LogP) is 3.21. The Kier molecular flexibility index (Phi) is 5.12. The lowest BCUT2D eigenvalue weighted by Gasteiger charge is -2.08. The number of nitrogens with one attached hydrogen (secondary N) is 1. The summed E-state index contributed by atoms with van der Waals surface area (Å²) < 4.78 is 28.1. The molecule has 0 saturated carbocycles. The molecule has 0 aliphatic rings. The summed E-state index contributed by atoms with van der Waals surface area (Å²) in [6, 6.07) is 10.8. The van der Waals surface area contributed by atoms with Crippen molar-refractivity contribution in [3.8, 4) is 22.8 Å². The SMILES string of the molecule is COc1ccc(-c2nonc2NC(=O)COc2ccc(F)cc2)cc1C. The molecule has 0 aliphatic heterocycles. The minimum Gasteiger partial charge on any atom is -0.496 e. The highest BCUT2D eigenvalue weighted by molar-refractivity contribution is 5.94. The van der Waals surface area contributed by atoms with Crippen LogP contribution in [0.2, 0.25) is 0 Å². The Bertz CT molecular complexity index is 909. The number of rotatable bonds is 6. The molecule has 0 bridgehead atoms. The summed E-state index contributed by atoms with van der Waals surface area (Å²) in [4.78, 5) is 12.1. The normalized spacial score (nSPS) is 10.4. The highest BCUT2D eigenvalue weighted by Crippen LogP contribution is 2.28. The molecule has 2 aromatic carbocycles. The van der Waals surface area contributed by atoms with E-state index in [4.69, 9.17) is 14.1 Å². The van der Waals surface area contributed by atoms with Crippen molar-refractivity contribution in [1.82, 2.24) is 10.3 Å². The fourth-order valence-electron chi connectivity index (χ4n) is 2.33. The number of amides is 1. The second kappa shape index (κ2) is 7.64. The number of hydrogen-bond donors (Lipinski definition) is 1. The van der Waals surface area contributed by atoms with Gasteiger partial charge in [-0.05, 0) is 65.3 Å². The molecule has 1 amide bonds. The van der Waals surface area contributed by atoms with E-state index in [1.54, 1.807) is 19.2 Å². The second-order valence-electron chi connectivity index (χ2n) is 5.44. The van der Waals surface area contributed by atoms with Crippen molar-refractivity contribution in [2.24, 2.45) is 0 Å². The van der Waals surface area contributed by atoms with Gasteiger partial charge in [-0.15, -0.1) is 0 Å². The number of nitrogens with zero attached hydrogens (tertiary/aromatic N) is 2. The Morgan fingerprint density at radius 2 is 1.96 bits per heavy atom. The summed E-state index contributed by atoms with van der Waals surface area (Å²) in [7, 11) is 1.59. The molecule has 0 radical (unpaired) electrons. The van der Waals surface area contributed by atoms with Crippen LogP contribution in [0.3, 0.4) is 0 Å². The van der Waals surface area contributed by atoms with E-state index in [1.165, 1.54) is 24.3 Å². The van der Waals surface area contributed by atoms with Crippen LogP contribution >= 0.6 is 0 Å². The van der Waals surface area contributed by atoms with Crippen molar-refractivity contribution < 1.29 is 23.3 Å². The van der Waals surface area contributed by atoms with Crippen LogP contribution in [0, 0.1) is 12.7 Å². The number of carbonyl (C=O) groups excluding carboxylic acids is 1. The summed E-state index contributed by atoms with van der Waals surface area (Å²) in [6.45, 7) is 1.63. The van der Waals surface area contributed by atoms with Gasteiger partial charge >= 0.3 is 0 Å². The van der Waals surface area contributed by atoms with Crippen LogP contribution in [0.5, 0.6) is 11.5 Å². The van der Waals surface area contributed by atoms with Gasteiger partial charge < -0.3 is 14.8 Å². The number of ether oxygens (including phenoxy) is 2. The molecule has 0 atom stereocenters. The van der Waals surface area contributed by atoms with Crippen molar-refractivity contribution in [2.75, 3.05) is 19.0 Å². The molecule has 0 fully saturated rings. The minimum absolute atomic E-state index is 0.183. The van der Waals surface area contributed by atoms with Crippen molar-refractivity contribution in [1.29, 1.82) is 0 Å². The van der Waals surface area contributed by atoms with Gasteiger partial charge in [0.05, 0.1) is 7.11 Å². The van der Waals surface area contributed by atoms with Crippen molar-refractivity contribution in [3.63, 3.8) is 0 Å². The third-order valence-electron chi connectivity index (χ3n) is 3.60. The van der Waals surface area contributed by atoms with E-state index in [2.05, 4.69) is 15.6 Å². The Labute approximate surface area is 148 Å². The monoisotopic (exact) mass is 357 g/mol. The van der Waals surface area contributed by atoms with Crippen LogP contribution in [-0.2, 0) is 4.79 Å². The zero-order chi connectivity index (χ0) is 18.5. The molecule has 0 saturated heterocycles. The first kappa shape index (κ1) is 17.4. The summed E-state index contributed by atoms with van der Waals surface area (Å²) in [6.07, 6.45) is 0. The molecule has 0 aliphatic carbocycles. The Morgan fingerprint density at radius 3 is 2.65 bits per heavy atom. The number of aromatic nitrogens is 2. The zero-order valence-corrected chi connectivity index (χ0v) is 14.2. The third kappa shape index (κ3) is 3.97. The average Bonchev–Trinajstić information content (AvgIpc) is 3.09. The number of methoxy groups -OCH3 is 1. The first-order chi connectivity index (χ1) is 12.6. The van der Waals surface area contributed by atoms with Crippen molar-refractivity contribution >= 4 is 11.7 Å². The maximum atomic E-state index is 12.9. The maximum Gasteiger partial charge on any atom is 0.263 e. The van der Waals surface area contributed by atoms with Gasteiger partial charge in [-0.1, -0.05) is 0 Å².